The zero-order valence-corrected chi connectivity index (χ0v) is 29.2. The van der Waals surface area contributed by atoms with E-state index in [9.17, 15) is 0 Å². The van der Waals surface area contributed by atoms with Gasteiger partial charge in [-0.1, -0.05) is 72.1 Å². The van der Waals surface area contributed by atoms with Gasteiger partial charge in [-0.3, -0.25) is 0 Å². The summed E-state index contributed by atoms with van der Waals surface area (Å²) in [5.41, 5.74) is 10.3. The Morgan fingerprint density at radius 2 is 0.731 bits per heavy atom. The van der Waals surface area contributed by atoms with Gasteiger partial charge < -0.3 is 9.80 Å². The highest BCUT2D eigenvalue weighted by Crippen LogP contribution is 2.54. The fourth-order valence-electron chi connectivity index (χ4n) is 6.87. The molecule has 8 aromatic rings. The summed E-state index contributed by atoms with van der Waals surface area (Å²) in [5.74, 6) is 1.26. The van der Waals surface area contributed by atoms with Crippen LogP contribution in [0.15, 0.2) is 184 Å². The maximum absolute atomic E-state index is 4.69. The van der Waals surface area contributed by atoms with Crippen molar-refractivity contribution in [2.45, 2.75) is 19.6 Å². The lowest BCUT2D eigenvalue weighted by molar-refractivity contribution is 1.05. The second-order valence-corrected chi connectivity index (χ2v) is 14.5. The second kappa shape index (κ2) is 12.8. The third-order valence-corrected chi connectivity index (χ3v) is 11.4. The van der Waals surface area contributed by atoms with E-state index in [1.165, 1.54) is 19.6 Å². The first-order valence-corrected chi connectivity index (χ1v) is 18.4. The van der Waals surface area contributed by atoms with E-state index < -0.39 is 0 Å². The van der Waals surface area contributed by atoms with Crippen molar-refractivity contribution in [3.05, 3.63) is 165 Å². The Morgan fingerprint density at radius 1 is 0.365 bits per heavy atom. The first-order chi connectivity index (χ1) is 25.8. The van der Waals surface area contributed by atoms with Crippen LogP contribution in [0, 0.1) is 0 Å². The van der Waals surface area contributed by atoms with Gasteiger partial charge in [-0.05, 0) is 102 Å². The Kier molecular flexibility index (Phi) is 7.51. The van der Waals surface area contributed by atoms with E-state index in [0.29, 0.717) is 11.6 Å². The van der Waals surface area contributed by atoms with Gasteiger partial charge in [0.05, 0.1) is 22.7 Å². The number of hydrogen-bond acceptors (Lipinski definition) is 9. The highest BCUT2D eigenvalue weighted by molar-refractivity contribution is 8.00. The molecule has 2 aromatic heterocycles. The molecule has 0 N–H and O–H groups in total. The van der Waals surface area contributed by atoms with Crippen LogP contribution < -0.4 is 9.80 Å². The van der Waals surface area contributed by atoms with Gasteiger partial charge in [-0.2, -0.15) is 0 Å². The van der Waals surface area contributed by atoms with E-state index >= 15 is 0 Å². The first-order valence-electron chi connectivity index (χ1n) is 16.8. The number of nitrogens with zero attached hydrogens (tertiary/aromatic N) is 7. The van der Waals surface area contributed by atoms with Gasteiger partial charge in [0.15, 0.2) is 11.6 Å². The van der Waals surface area contributed by atoms with Crippen molar-refractivity contribution < 1.29 is 0 Å². The van der Waals surface area contributed by atoms with Crippen LogP contribution in [-0.4, -0.2) is 24.9 Å². The smallest absolute Gasteiger partial charge is 0.162 e. The van der Waals surface area contributed by atoms with Gasteiger partial charge in [0.2, 0.25) is 0 Å². The minimum absolute atomic E-state index is 0.602. The number of para-hydroxylation sites is 4. The number of rotatable bonds is 5. The zero-order chi connectivity index (χ0) is 34.4. The molecular weight excluding hydrogens is 679 g/mol. The fourth-order valence-corrected chi connectivity index (χ4v) is 8.99. The third-order valence-electron chi connectivity index (χ3n) is 9.13. The Labute approximate surface area is 309 Å². The average molecular weight is 706 g/mol. The van der Waals surface area contributed by atoms with Crippen LogP contribution in [0.5, 0.6) is 0 Å². The second-order valence-electron chi connectivity index (χ2n) is 12.3. The number of anilines is 6. The van der Waals surface area contributed by atoms with Crippen LogP contribution >= 0.6 is 23.5 Å². The summed E-state index contributed by atoms with van der Waals surface area (Å²) in [6.07, 6.45) is 6.68. The molecular formula is C43H27N7S2. The standard InChI is InChI=1S/C43H27N7S2/c1-5-14-38-34(10-1)49(35-11-2-6-15-39(35)51-38)32-22-28(20-30(24-32)42-45-18-9-19-46-42)29-21-31(43-47-26-44-27-48-43)25-33(23-29)50-36-12-3-7-16-40(36)52-41-17-8-4-13-37(41)50/h1-27H. The maximum atomic E-state index is 4.69. The molecule has 9 heteroatoms. The van der Waals surface area contributed by atoms with Crippen molar-refractivity contribution in [1.82, 2.24) is 24.9 Å². The van der Waals surface area contributed by atoms with Crippen molar-refractivity contribution in [3.8, 4) is 33.9 Å². The third kappa shape index (κ3) is 5.38. The quantitative estimate of drug-likeness (QED) is 0.174. The van der Waals surface area contributed by atoms with Crippen molar-refractivity contribution in [1.29, 1.82) is 0 Å². The molecule has 6 aromatic carbocycles. The van der Waals surface area contributed by atoms with Crippen LogP contribution in [-0.2, 0) is 0 Å². The van der Waals surface area contributed by atoms with Gasteiger partial charge in [-0.25, -0.2) is 24.9 Å². The summed E-state index contributed by atoms with van der Waals surface area (Å²) in [4.78, 5) is 32.2. The summed E-state index contributed by atoms with van der Waals surface area (Å²) in [5, 5.41) is 0. The molecule has 246 valence electrons. The molecule has 0 spiro atoms. The van der Waals surface area contributed by atoms with Gasteiger partial charge in [0.1, 0.15) is 12.7 Å². The van der Waals surface area contributed by atoms with Gasteiger partial charge >= 0.3 is 0 Å². The lowest BCUT2D eigenvalue weighted by Gasteiger charge is -2.34. The topological polar surface area (TPSA) is 70.9 Å². The normalized spacial score (nSPS) is 12.8. The number of benzene rings is 6. The van der Waals surface area contributed by atoms with E-state index in [1.54, 1.807) is 48.6 Å². The van der Waals surface area contributed by atoms with E-state index in [-0.39, 0.29) is 0 Å². The van der Waals surface area contributed by atoms with E-state index in [2.05, 4.69) is 158 Å². The Balaban J connectivity index is 1.23. The largest absolute Gasteiger partial charge is 0.308 e. The first kappa shape index (κ1) is 30.5. The summed E-state index contributed by atoms with van der Waals surface area (Å²) in [6.45, 7) is 0. The molecule has 52 heavy (non-hydrogen) atoms. The molecule has 2 aliphatic heterocycles. The molecule has 0 fully saturated rings. The Hall–Kier alpha value is -6.29. The minimum atomic E-state index is 0.602. The molecule has 4 heterocycles. The predicted molar refractivity (Wildman–Crippen MR) is 209 cm³/mol. The average Bonchev–Trinajstić information content (AvgIpc) is 3.22. The van der Waals surface area contributed by atoms with Crippen LogP contribution in [0.25, 0.3) is 33.9 Å². The van der Waals surface area contributed by atoms with Crippen LogP contribution in [0.1, 0.15) is 0 Å². The molecule has 0 atom stereocenters. The molecule has 0 bridgehead atoms. The van der Waals surface area contributed by atoms with Crippen molar-refractivity contribution in [3.63, 3.8) is 0 Å². The predicted octanol–water partition coefficient (Wildman–Crippen LogP) is 11.5. The Bertz CT molecular complexity index is 2340. The molecule has 10 rings (SSSR count). The zero-order valence-electron chi connectivity index (χ0n) is 27.5. The van der Waals surface area contributed by atoms with Crippen molar-refractivity contribution in [2.24, 2.45) is 0 Å². The molecule has 0 saturated carbocycles. The fraction of sp³-hybridized carbons (Fsp3) is 0. The number of hydrogen-bond donors (Lipinski definition) is 0. The molecule has 0 radical (unpaired) electrons. The van der Waals surface area contributed by atoms with Gasteiger partial charge in [0, 0.05) is 54.5 Å². The summed E-state index contributed by atoms with van der Waals surface area (Å²) >= 11 is 3.59. The molecule has 0 amide bonds. The lowest BCUT2D eigenvalue weighted by atomic mass is 9.97. The van der Waals surface area contributed by atoms with E-state index in [1.807, 2.05) is 6.07 Å². The van der Waals surface area contributed by atoms with Crippen LogP contribution in [0.4, 0.5) is 34.1 Å². The molecule has 0 saturated heterocycles. The highest BCUT2D eigenvalue weighted by Gasteiger charge is 2.27. The van der Waals surface area contributed by atoms with Crippen LogP contribution in [0.2, 0.25) is 0 Å². The number of fused-ring (bicyclic) bond motifs is 4. The SMILES string of the molecule is c1cnc(-c2cc(-c3cc(-c4ncncn4)cc(N4c5ccccc5Sc5ccccc54)c3)cc(N3c4ccccc4Sc4ccccc43)c2)nc1. The molecule has 7 nitrogen and oxygen atoms in total. The van der Waals surface area contributed by atoms with Crippen molar-refractivity contribution in [2.75, 3.05) is 9.80 Å². The molecule has 0 aliphatic carbocycles. The monoisotopic (exact) mass is 705 g/mol. The van der Waals surface area contributed by atoms with Gasteiger partial charge in [-0.15, -0.1) is 0 Å². The summed E-state index contributed by atoms with van der Waals surface area (Å²) < 4.78 is 0. The highest BCUT2D eigenvalue weighted by atomic mass is 32.2. The van der Waals surface area contributed by atoms with E-state index in [4.69, 9.17) is 9.97 Å². The molecule has 2 aliphatic rings. The van der Waals surface area contributed by atoms with Crippen LogP contribution in [0.3, 0.4) is 0 Å². The van der Waals surface area contributed by atoms with Crippen molar-refractivity contribution >= 4 is 57.6 Å². The summed E-state index contributed by atoms with van der Waals surface area (Å²) in [6, 6.07) is 49.3. The lowest BCUT2D eigenvalue weighted by Crippen LogP contribution is -2.15. The number of aromatic nitrogens is 5. The minimum Gasteiger partial charge on any atom is -0.308 e. The molecule has 0 unspecified atom stereocenters. The van der Waals surface area contributed by atoms with E-state index in [0.717, 1.165) is 56.4 Å². The van der Waals surface area contributed by atoms with Gasteiger partial charge in [0.25, 0.3) is 0 Å². The Morgan fingerprint density at radius 3 is 1.15 bits per heavy atom. The maximum Gasteiger partial charge on any atom is 0.162 e. The summed E-state index contributed by atoms with van der Waals surface area (Å²) in [7, 11) is 0.